The number of carbonyl (C=O) groups is 1. The van der Waals surface area contributed by atoms with E-state index in [-0.39, 0.29) is 29.7 Å². The van der Waals surface area contributed by atoms with Gasteiger partial charge in [-0.05, 0) is 17.7 Å². The van der Waals surface area contributed by atoms with Crippen molar-refractivity contribution in [1.29, 1.82) is 0 Å². The van der Waals surface area contributed by atoms with E-state index >= 15 is 0 Å². The number of nitrogens with zero attached hydrogens (tertiary/aromatic N) is 2. The molecule has 0 radical (unpaired) electrons. The van der Waals surface area contributed by atoms with Crippen LogP contribution in [-0.4, -0.2) is 15.9 Å². The van der Waals surface area contributed by atoms with Crippen molar-refractivity contribution < 1.29 is 9.53 Å². The molecule has 0 aliphatic carbocycles. The summed E-state index contributed by atoms with van der Waals surface area (Å²) in [5.74, 6) is 0.866. The van der Waals surface area contributed by atoms with Gasteiger partial charge in [0.15, 0.2) is 5.82 Å². The van der Waals surface area contributed by atoms with Gasteiger partial charge in [0.2, 0.25) is 11.8 Å². The summed E-state index contributed by atoms with van der Waals surface area (Å²) in [7, 11) is 0. The number of para-hydroxylation sites is 1. The van der Waals surface area contributed by atoms with Crippen LogP contribution in [0, 0.1) is 0 Å². The molecule has 0 aliphatic heterocycles. The quantitative estimate of drug-likeness (QED) is 0.598. The van der Waals surface area contributed by atoms with E-state index in [0.29, 0.717) is 5.75 Å². The van der Waals surface area contributed by atoms with E-state index < -0.39 is 0 Å². The van der Waals surface area contributed by atoms with Crippen LogP contribution in [0.2, 0.25) is 0 Å². The summed E-state index contributed by atoms with van der Waals surface area (Å²) in [5.41, 5.74) is 12.4. The second-order valence-electron chi connectivity index (χ2n) is 5.19. The number of ether oxygens (including phenoxy) is 1. The molecule has 7 heteroatoms. The molecule has 0 atom stereocenters. The fourth-order valence-electron chi connectivity index (χ4n) is 2.11. The Morgan fingerprint density at radius 3 is 2.40 bits per heavy atom. The Morgan fingerprint density at radius 1 is 1.00 bits per heavy atom. The van der Waals surface area contributed by atoms with E-state index in [2.05, 4.69) is 20.8 Å². The molecule has 0 saturated carbocycles. The Balaban J connectivity index is 1.63. The monoisotopic (exact) mass is 335 g/mol. The molecule has 2 aromatic carbocycles. The Labute approximate surface area is 144 Å². The van der Waals surface area contributed by atoms with Crippen molar-refractivity contribution in [2.24, 2.45) is 0 Å². The molecule has 1 aromatic heterocycles. The third kappa shape index (κ3) is 4.44. The Bertz CT molecular complexity index is 841. The summed E-state index contributed by atoms with van der Waals surface area (Å²) in [6.07, 6.45) is 1.55. The number of hydrogen-bond donors (Lipinski definition) is 3. The van der Waals surface area contributed by atoms with Crippen LogP contribution >= 0.6 is 0 Å². The van der Waals surface area contributed by atoms with Gasteiger partial charge in [-0.15, -0.1) is 0 Å². The molecule has 25 heavy (non-hydrogen) atoms. The predicted octanol–water partition coefficient (Wildman–Crippen LogP) is 2.54. The molecule has 4 N–H and O–H groups in total. The largest absolute Gasteiger partial charge is 0.437 e. The Morgan fingerprint density at radius 2 is 1.68 bits per heavy atom. The zero-order valence-corrected chi connectivity index (χ0v) is 13.3. The van der Waals surface area contributed by atoms with Gasteiger partial charge in [-0.25, -0.2) is 4.98 Å². The molecule has 1 amide bonds. The maximum atomic E-state index is 12.0. The van der Waals surface area contributed by atoms with E-state index in [9.17, 15) is 4.79 Å². The number of amides is 1. The highest BCUT2D eigenvalue weighted by Gasteiger charge is 2.11. The van der Waals surface area contributed by atoms with E-state index in [1.165, 1.54) is 6.33 Å². The first-order valence-electron chi connectivity index (χ1n) is 7.64. The van der Waals surface area contributed by atoms with Crippen molar-refractivity contribution in [2.75, 3.05) is 11.2 Å². The molecule has 0 saturated heterocycles. The average Bonchev–Trinajstić information content (AvgIpc) is 2.64. The highest BCUT2D eigenvalue weighted by atomic mass is 16.5. The summed E-state index contributed by atoms with van der Waals surface area (Å²) >= 11 is 0. The van der Waals surface area contributed by atoms with Crippen molar-refractivity contribution in [1.82, 2.24) is 15.4 Å². The lowest BCUT2D eigenvalue weighted by atomic mass is 10.1. The number of nitrogens with two attached hydrogens (primary N) is 1. The summed E-state index contributed by atoms with van der Waals surface area (Å²) in [6, 6.07) is 18.6. The minimum atomic E-state index is -0.213. The van der Waals surface area contributed by atoms with Gasteiger partial charge in [0, 0.05) is 0 Å². The zero-order chi connectivity index (χ0) is 17.5. The van der Waals surface area contributed by atoms with Crippen LogP contribution < -0.4 is 21.3 Å². The number of nitrogen functional groups attached to an aromatic ring is 1. The van der Waals surface area contributed by atoms with Gasteiger partial charge in [0.25, 0.3) is 0 Å². The van der Waals surface area contributed by atoms with Crippen LogP contribution in [-0.2, 0) is 11.2 Å². The van der Waals surface area contributed by atoms with Crippen molar-refractivity contribution in [3.63, 3.8) is 0 Å². The second kappa shape index (κ2) is 7.78. The van der Waals surface area contributed by atoms with Crippen LogP contribution in [0.5, 0.6) is 11.6 Å². The van der Waals surface area contributed by atoms with Gasteiger partial charge < -0.3 is 10.5 Å². The third-order valence-corrected chi connectivity index (χ3v) is 3.33. The highest BCUT2D eigenvalue weighted by molar-refractivity contribution is 5.80. The van der Waals surface area contributed by atoms with Crippen LogP contribution in [0.15, 0.2) is 67.0 Å². The zero-order valence-electron chi connectivity index (χ0n) is 13.3. The van der Waals surface area contributed by atoms with E-state index in [4.69, 9.17) is 10.5 Å². The average molecular weight is 335 g/mol. The van der Waals surface area contributed by atoms with Gasteiger partial charge in [-0.1, -0.05) is 48.5 Å². The molecule has 1 heterocycles. The van der Waals surface area contributed by atoms with Crippen LogP contribution in [0.3, 0.4) is 0 Å². The molecular weight excluding hydrogens is 318 g/mol. The minimum Gasteiger partial charge on any atom is -0.437 e. The molecule has 0 unspecified atom stereocenters. The fourth-order valence-corrected chi connectivity index (χ4v) is 2.11. The van der Waals surface area contributed by atoms with Crippen LogP contribution in [0.4, 0.5) is 11.5 Å². The SMILES string of the molecule is Nc1c(NNC(=O)Cc2ccccc2)ncnc1Oc1ccccc1. The number of hydrogen-bond acceptors (Lipinski definition) is 6. The summed E-state index contributed by atoms with van der Waals surface area (Å²) in [6.45, 7) is 0. The normalized spacial score (nSPS) is 10.1. The third-order valence-electron chi connectivity index (χ3n) is 3.33. The molecule has 0 aliphatic rings. The highest BCUT2D eigenvalue weighted by Crippen LogP contribution is 2.28. The first-order valence-corrected chi connectivity index (χ1v) is 7.64. The standard InChI is InChI=1S/C18H17N5O2/c19-16-17(23-22-15(24)11-13-7-3-1-4-8-13)20-12-21-18(16)25-14-9-5-2-6-10-14/h1-10,12H,11,19H2,(H,22,24)(H,20,21,23). The number of nitrogens with one attached hydrogen (secondary N) is 2. The number of aromatic nitrogens is 2. The first kappa shape index (κ1) is 16.3. The summed E-state index contributed by atoms with van der Waals surface area (Å²) < 4.78 is 5.62. The minimum absolute atomic E-state index is 0.200. The van der Waals surface area contributed by atoms with E-state index in [1.54, 1.807) is 12.1 Å². The summed E-state index contributed by atoms with van der Waals surface area (Å²) in [5, 5.41) is 0. The van der Waals surface area contributed by atoms with Crippen LogP contribution in [0.1, 0.15) is 5.56 Å². The molecule has 3 rings (SSSR count). The lowest BCUT2D eigenvalue weighted by Gasteiger charge is -2.12. The molecule has 7 nitrogen and oxygen atoms in total. The number of hydrazine groups is 1. The molecule has 0 fully saturated rings. The maximum Gasteiger partial charge on any atom is 0.248 e. The topological polar surface area (TPSA) is 102 Å². The van der Waals surface area contributed by atoms with Gasteiger partial charge in [-0.2, -0.15) is 4.98 Å². The number of anilines is 2. The number of rotatable bonds is 6. The first-order chi connectivity index (χ1) is 12.2. The van der Waals surface area contributed by atoms with Crippen molar-refractivity contribution in [2.45, 2.75) is 6.42 Å². The lowest BCUT2D eigenvalue weighted by Crippen LogP contribution is -2.31. The predicted molar refractivity (Wildman–Crippen MR) is 94.9 cm³/mol. The van der Waals surface area contributed by atoms with Crippen LogP contribution in [0.25, 0.3) is 0 Å². The molecule has 0 spiro atoms. The number of benzene rings is 2. The van der Waals surface area contributed by atoms with E-state index in [0.717, 1.165) is 5.56 Å². The second-order valence-corrected chi connectivity index (χ2v) is 5.19. The van der Waals surface area contributed by atoms with Crippen molar-refractivity contribution in [3.8, 4) is 11.6 Å². The van der Waals surface area contributed by atoms with Gasteiger partial charge in [-0.3, -0.25) is 15.6 Å². The molecule has 126 valence electrons. The van der Waals surface area contributed by atoms with Crippen molar-refractivity contribution >= 4 is 17.4 Å². The summed E-state index contributed by atoms with van der Waals surface area (Å²) in [4.78, 5) is 20.0. The van der Waals surface area contributed by atoms with Crippen molar-refractivity contribution in [3.05, 3.63) is 72.6 Å². The molecule has 3 aromatic rings. The van der Waals surface area contributed by atoms with Gasteiger partial charge in [0.05, 0.1) is 6.42 Å². The maximum absolute atomic E-state index is 12.0. The fraction of sp³-hybridized carbons (Fsp3) is 0.0556. The molecular formula is C18H17N5O2. The smallest absolute Gasteiger partial charge is 0.248 e. The molecule has 0 bridgehead atoms. The number of carbonyl (C=O) groups excluding carboxylic acids is 1. The Hall–Kier alpha value is -3.61. The van der Waals surface area contributed by atoms with E-state index in [1.807, 2.05) is 48.5 Å². The van der Waals surface area contributed by atoms with Gasteiger partial charge >= 0.3 is 0 Å². The Kier molecular flexibility index (Phi) is 5.06. The lowest BCUT2D eigenvalue weighted by molar-refractivity contribution is -0.119. The van der Waals surface area contributed by atoms with Gasteiger partial charge in [0.1, 0.15) is 17.8 Å².